The fraction of sp³-hybridized carbons (Fsp3) is 0.400. The van der Waals surface area contributed by atoms with Gasteiger partial charge >= 0.3 is 0 Å². The molecule has 1 aliphatic heterocycles. The second kappa shape index (κ2) is 6.18. The third-order valence-corrected chi connectivity index (χ3v) is 3.01. The van der Waals surface area contributed by atoms with E-state index < -0.39 is 0 Å². The first kappa shape index (κ1) is 13.4. The molecule has 0 aromatic carbocycles. The van der Waals surface area contributed by atoms with Crippen LogP contribution in [0.25, 0.3) is 0 Å². The van der Waals surface area contributed by atoms with Gasteiger partial charge in [0.25, 0.3) is 5.91 Å². The summed E-state index contributed by atoms with van der Waals surface area (Å²) in [7, 11) is 0. The highest BCUT2D eigenvalue weighted by molar-refractivity contribution is 9.10. The summed E-state index contributed by atoms with van der Waals surface area (Å²) in [6.07, 6.45) is 1.64. The van der Waals surface area contributed by atoms with Crippen LogP contribution in [0, 0.1) is 0 Å². The molecule has 6 heteroatoms. The molecule has 1 fully saturated rings. The second-order valence-electron chi connectivity index (χ2n) is 3.38. The van der Waals surface area contributed by atoms with Gasteiger partial charge < -0.3 is 10.2 Å². The minimum atomic E-state index is 0. The summed E-state index contributed by atoms with van der Waals surface area (Å²) >= 11 is 3.34. The molecule has 1 saturated heterocycles. The Labute approximate surface area is 109 Å². The van der Waals surface area contributed by atoms with Crippen molar-refractivity contribution in [1.29, 1.82) is 0 Å². The SMILES string of the molecule is Cl.O=C(c1ncccc1Br)N1CCNCC1. The minimum Gasteiger partial charge on any atom is -0.335 e. The molecule has 1 N–H and O–H groups in total. The molecule has 0 unspecified atom stereocenters. The average molecular weight is 307 g/mol. The number of piperazine rings is 1. The first-order chi connectivity index (χ1) is 7.29. The molecule has 0 aliphatic carbocycles. The molecule has 2 rings (SSSR count). The molecule has 1 aliphatic rings. The average Bonchev–Trinajstić information content (AvgIpc) is 2.30. The molecule has 16 heavy (non-hydrogen) atoms. The normalized spacial score (nSPS) is 15.4. The largest absolute Gasteiger partial charge is 0.335 e. The maximum Gasteiger partial charge on any atom is 0.273 e. The van der Waals surface area contributed by atoms with E-state index in [9.17, 15) is 4.79 Å². The van der Waals surface area contributed by atoms with Gasteiger partial charge in [-0.3, -0.25) is 4.79 Å². The molecular formula is C10H13BrClN3O. The highest BCUT2D eigenvalue weighted by Crippen LogP contribution is 2.15. The molecule has 1 aromatic heterocycles. The number of hydrogen-bond donors (Lipinski definition) is 1. The summed E-state index contributed by atoms with van der Waals surface area (Å²) in [5.41, 5.74) is 0.499. The molecular weight excluding hydrogens is 293 g/mol. The zero-order chi connectivity index (χ0) is 10.7. The van der Waals surface area contributed by atoms with Crippen molar-refractivity contribution in [3.05, 3.63) is 28.5 Å². The van der Waals surface area contributed by atoms with Crippen LogP contribution < -0.4 is 5.32 Å². The van der Waals surface area contributed by atoms with Crippen LogP contribution in [0.5, 0.6) is 0 Å². The topological polar surface area (TPSA) is 45.2 Å². The van der Waals surface area contributed by atoms with Gasteiger partial charge in [0.1, 0.15) is 5.69 Å². The van der Waals surface area contributed by atoms with Gasteiger partial charge in [0, 0.05) is 36.8 Å². The molecule has 1 amide bonds. The molecule has 0 spiro atoms. The Morgan fingerprint density at radius 3 is 2.75 bits per heavy atom. The van der Waals surface area contributed by atoms with Crippen LogP contribution in [-0.4, -0.2) is 42.0 Å². The number of rotatable bonds is 1. The summed E-state index contributed by atoms with van der Waals surface area (Å²) in [5.74, 6) is 0.00368. The standard InChI is InChI=1S/C10H12BrN3O.ClH/c11-8-2-1-3-13-9(8)10(15)14-6-4-12-5-7-14;/h1-3,12H,4-7H2;1H. The Bertz CT molecular complexity index is 369. The van der Waals surface area contributed by atoms with Gasteiger partial charge in [-0.1, -0.05) is 0 Å². The van der Waals surface area contributed by atoms with E-state index in [1.807, 2.05) is 11.0 Å². The molecule has 0 atom stereocenters. The van der Waals surface area contributed by atoms with Crippen LogP contribution in [0.4, 0.5) is 0 Å². The Morgan fingerprint density at radius 2 is 2.12 bits per heavy atom. The number of carbonyl (C=O) groups excluding carboxylic acids is 1. The third-order valence-electron chi connectivity index (χ3n) is 2.37. The van der Waals surface area contributed by atoms with E-state index in [0.717, 1.165) is 30.7 Å². The maximum atomic E-state index is 12.0. The maximum absolute atomic E-state index is 12.0. The summed E-state index contributed by atoms with van der Waals surface area (Å²) < 4.78 is 0.758. The van der Waals surface area contributed by atoms with E-state index >= 15 is 0 Å². The first-order valence-corrected chi connectivity index (χ1v) is 5.69. The number of carbonyl (C=O) groups is 1. The molecule has 0 bridgehead atoms. The van der Waals surface area contributed by atoms with E-state index in [0.29, 0.717) is 5.69 Å². The first-order valence-electron chi connectivity index (χ1n) is 4.89. The van der Waals surface area contributed by atoms with Crippen molar-refractivity contribution in [2.75, 3.05) is 26.2 Å². The zero-order valence-corrected chi connectivity index (χ0v) is 11.1. The Morgan fingerprint density at radius 1 is 1.44 bits per heavy atom. The van der Waals surface area contributed by atoms with Crippen molar-refractivity contribution in [3.63, 3.8) is 0 Å². The third kappa shape index (κ3) is 2.93. The summed E-state index contributed by atoms with van der Waals surface area (Å²) in [4.78, 5) is 17.9. The molecule has 2 heterocycles. The van der Waals surface area contributed by atoms with Crippen LogP contribution in [0.2, 0.25) is 0 Å². The van der Waals surface area contributed by atoms with Crippen LogP contribution in [-0.2, 0) is 0 Å². The van der Waals surface area contributed by atoms with Crippen molar-refractivity contribution >= 4 is 34.2 Å². The lowest BCUT2D eigenvalue weighted by molar-refractivity contribution is 0.0729. The van der Waals surface area contributed by atoms with Crippen molar-refractivity contribution in [2.24, 2.45) is 0 Å². The van der Waals surface area contributed by atoms with Gasteiger partial charge in [-0.05, 0) is 28.1 Å². The molecule has 1 aromatic rings. The van der Waals surface area contributed by atoms with E-state index in [2.05, 4.69) is 26.2 Å². The van der Waals surface area contributed by atoms with Crippen LogP contribution in [0.15, 0.2) is 22.8 Å². The minimum absolute atomic E-state index is 0. The van der Waals surface area contributed by atoms with Gasteiger partial charge in [0.2, 0.25) is 0 Å². The lowest BCUT2D eigenvalue weighted by Gasteiger charge is -2.27. The number of hydrogen-bond acceptors (Lipinski definition) is 3. The van der Waals surface area contributed by atoms with Crippen LogP contribution in [0.3, 0.4) is 0 Å². The predicted molar refractivity (Wildman–Crippen MR) is 68.0 cm³/mol. The van der Waals surface area contributed by atoms with E-state index in [1.54, 1.807) is 12.3 Å². The lowest BCUT2D eigenvalue weighted by Crippen LogP contribution is -2.46. The number of aromatic nitrogens is 1. The second-order valence-corrected chi connectivity index (χ2v) is 4.23. The smallest absolute Gasteiger partial charge is 0.273 e. The lowest BCUT2D eigenvalue weighted by atomic mass is 10.3. The number of amides is 1. The Balaban J connectivity index is 0.00000128. The van der Waals surface area contributed by atoms with Gasteiger partial charge in [-0.2, -0.15) is 0 Å². The van der Waals surface area contributed by atoms with Crippen LogP contribution in [0.1, 0.15) is 10.5 Å². The number of nitrogens with one attached hydrogen (secondary N) is 1. The number of pyridine rings is 1. The molecule has 0 radical (unpaired) electrons. The number of halogens is 2. The monoisotopic (exact) mass is 305 g/mol. The fourth-order valence-electron chi connectivity index (χ4n) is 1.56. The van der Waals surface area contributed by atoms with Gasteiger partial charge in [-0.15, -0.1) is 12.4 Å². The van der Waals surface area contributed by atoms with Crippen molar-refractivity contribution in [3.8, 4) is 0 Å². The Hall–Kier alpha value is -0.650. The fourth-order valence-corrected chi connectivity index (χ4v) is 1.99. The van der Waals surface area contributed by atoms with Crippen molar-refractivity contribution in [1.82, 2.24) is 15.2 Å². The molecule has 0 saturated carbocycles. The summed E-state index contributed by atoms with van der Waals surface area (Å²) in [5, 5.41) is 3.21. The molecule has 4 nitrogen and oxygen atoms in total. The van der Waals surface area contributed by atoms with Crippen molar-refractivity contribution < 1.29 is 4.79 Å². The van der Waals surface area contributed by atoms with Gasteiger partial charge in [0.15, 0.2) is 0 Å². The van der Waals surface area contributed by atoms with E-state index in [4.69, 9.17) is 0 Å². The summed E-state index contributed by atoms with van der Waals surface area (Å²) in [6, 6.07) is 3.64. The van der Waals surface area contributed by atoms with E-state index in [1.165, 1.54) is 0 Å². The highest BCUT2D eigenvalue weighted by atomic mass is 79.9. The quantitative estimate of drug-likeness (QED) is 0.851. The van der Waals surface area contributed by atoms with Gasteiger partial charge in [0.05, 0.1) is 0 Å². The molecule has 88 valence electrons. The van der Waals surface area contributed by atoms with Crippen LogP contribution >= 0.6 is 28.3 Å². The summed E-state index contributed by atoms with van der Waals surface area (Å²) in [6.45, 7) is 3.22. The zero-order valence-electron chi connectivity index (χ0n) is 8.65. The predicted octanol–water partition coefficient (Wildman–Crippen LogP) is 1.31. The Kier molecular flexibility index (Phi) is 5.18. The highest BCUT2D eigenvalue weighted by Gasteiger charge is 2.20. The van der Waals surface area contributed by atoms with Gasteiger partial charge in [-0.25, -0.2) is 4.98 Å². The van der Waals surface area contributed by atoms with Crippen molar-refractivity contribution in [2.45, 2.75) is 0 Å². The number of nitrogens with zero attached hydrogens (tertiary/aromatic N) is 2. The van der Waals surface area contributed by atoms with E-state index in [-0.39, 0.29) is 18.3 Å².